The lowest BCUT2D eigenvalue weighted by molar-refractivity contribution is 0.195. The highest BCUT2D eigenvalue weighted by Gasteiger charge is 2.15. The summed E-state index contributed by atoms with van der Waals surface area (Å²) in [6, 6.07) is 10.1. The van der Waals surface area contributed by atoms with Crippen LogP contribution in [0.1, 0.15) is 39.2 Å². The predicted molar refractivity (Wildman–Crippen MR) is 75.9 cm³/mol. The Morgan fingerprint density at radius 1 is 1.32 bits per heavy atom. The van der Waals surface area contributed by atoms with Gasteiger partial charge >= 0.3 is 0 Å². The largest absolute Gasteiger partial charge is 0.494 e. The van der Waals surface area contributed by atoms with Gasteiger partial charge in [-0.1, -0.05) is 12.1 Å². The highest BCUT2D eigenvalue weighted by molar-refractivity contribution is 5.27. The van der Waals surface area contributed by atoms with Crippen molar-refractivity contribution >= 4 is 0 Å². The lowest BCUT2D eigenvalue weighted by Crippen LogP contribution is -2.10. The molecule has 0 saturated heterocycles. The maximum Gasteiger partial charge on any atom is 0.119 e. The molecular formula is C16H23NO2. The first-order valence-electron chi connectivity index (χ1n) is 6.74. The van der Waals surface area contributed by atoms with Crippen molar-refractivity contribution in [2.75, 3.05) is 6.61 Å². The number of aliphatic hydroxyl groups is 1. The van der Waals surface area contributed by atoms with E-state index in [0.29, 0.717) is 13.0 Å². The number of hydrogen-bond acceptors (Lipinski definition) is 3. The van der Waals surface area contributed by atoms with Gasteiger partial charge in [0.2, 0.25) is 0 Å². The lowest BCUT2D eigenvalue weighted by Gasteiger charge is -2.14. The van der Waals surface area contributed by atoms with E-state index in [-0.39, 0.29) is 11.5 Å². The summed E-state index contributed by atoms with van der Waals surface area (Å²) in [5.41, 5.74) is 0.831. The molecule has 1 aromatic carbocycles. The third kappa shape index (κ3) is 6.26. The smallest absolute Gasteiger partial charge is 0.119 e. The van der Waals surface area contributed by atoms with E-state index in [1.165, 1.54) is 0 Å². The van der Waals surface area contributed by atoms with E-state index >= 15 is 0 Å². The van der Waals surface area contributed by atoms with E-state index in [9.17, 15) is 5.11 Å². The van der Waals surface area contributed by atoms with Gasteiger partial charge in [-0.2, -0.15) is 5.26 Å². The van der Waals surface area contributed by atoms with Gasteiger partial charge in [-0.25, -0.2) is 0 Å². The van der Waals surface area contributed by atoms with Crippen LogP contribution in [-0.2, 0) is 6.42 Å². The summed E-state index contributed by atoms with van der Waals surface area (Å²) in [6.07, 6.45) is 2.05. The standard InChI is InChI=1S/C16H23NO2/c1-13(18)11-14-5-7-15(8-6-14)19-10-4-9-16(2,3)12-17/h5-8,13,18H,4,9-11H2,1-3H3. The monoisotopic (exact) mass is 261 g/mol. The molecule has 0 saturated carbocycles. The first-order chi connectivity index (χ1) is 8.93. The zero-order valence-corrected chi connectivity index (χ0v) is 12.0. The quantitative estimate of drug-likeness (QED) is 0.766. The fourth-order valence-electron chi connectivity index (χ4n) is 1.82. The number of benzene rings is 1. The van der Waals surface area contributed by atoms with Crippen LogP contribution in [-0.4, -0.2) is 17.8 Å². The van der Waals surface area contributed by atoms with Crippen LogP contribution in [0, 0.1) is 16.7 Å². The lowest BCUT2D eigenvalue weighted by atomic mass is 9.90. The third-order valence-electron chi connectivity index (χ3n) is 2.97. The molecule has 0 aliphatic carbocycles. The Bertz CT molecular complexity index is 415. The second-order valence-electron chi connectivity index (χ2n) is 5.64. The van der Waals surface area contributed by atoms with Crippen molar-refractivity contribution in [3.05, 3.63) is 29.8 Å². The second kappa shape index (κ2) is 7.16. The Morgan fingerprint density at radius 2 is 1.95 bits per heavy atom. The van der Waals surface area contributed by atoms with Crippen molar-refractivity contribution in [3.63, 3.8) is 0 Å². The Balaban J connectivity index is 2.33. The number of ether oxygens (including phenoxy) is 1. The van der Waals surface area contributed by atoms with Crippen molar-refractivity contribution < 1.29 is 9.84 Å². The van der Waals surface area contributed by atoms with Gasteiger partial charge in [0.05, 0.1) is 24.2 Å². The molecule has 1 unspecified atom stereocenters. The van der Waals surface area contributed by atoms with Crippen LogP contribution in [0.25, 0.3) is 0 Å². The van der Waals surface area contributed by atoms with Gasteiger partial charge in [0.1, 0.15) is 5.75 Å². The van der Waals surface area contributed by atoms with Crippen molar-refractivity contribution in [2.24, 2.45) is 5.41 Å². The molecule has 1 aromatic rings. The van der Waals surface area contributed by atoms with Crippen LogP contribution in [0.15, 0.2) is 24.3 Å². The van der Waals surface area contributed by atoms with Crippen LogP contribution in [0.4, 0.5) is 0 Å². The first kappa shape index (κ1) is 15.5. The van der Waals surface area contributed by atoms with Crippen molar-refractivity contribution in [1.29, 1.82) is 5.26 Å². The molecule has 3 nitrogen and oxygen atoms in total. The van der Waals surface area contributed by atoms with Crippen LogP contribution >= 0.6 is 0 Å². The summed E-state index contributed by atoms with van der Waals surface area (Å²) in [7, 11) is 0. The zero-order valence-electron chi connectivity index (χ0n) is 12.0. The molecule has 0 aromatic heterocycles. The molecule has 1 rings (SSSR count). The normalized spacial score (nSPS) is 12.8. The van der Waals surface area contributed by atoms with Crippen LogP contribution < -0.4 is 4.74 Å². The number of rotatable bonds is 7. The fraction of sp³-hybridized carbons (Fsp3) is 0.562. The van der Waals surface area contributed by atoms with Crippen molar-refractivity contribution in [1.82, 2.24) is 0 Å². The Kier molecular flexibility index (Phi) is 5.85. The summed E-state index contributed by atoms with van der Waals surface area (Å²) in [5.74, 6) is 0.837. The van der Waals surface area contributed by atoms with E-state index in [2.05, 4.69) is 6.07 Å². The van der Waals surface area contributed by atoms with E-state index in [1.807, 2.05) is 38.1 Å². The number of nitriles is 1. The molecule has 104 valence electrons. The predicted octanol–water partition coefficient (Wildman–Crippen LogP) is 3.32. The summed E-state index contributed by atoms with van der Waals surface area (Å²) >= 11 is 0. The minimum Gasteiger partial charge on any atom is -0.494 e. The highest BCUT2D eigenvalue weighted by atomic mass is 16.5. The molecular weight excluding hydrogens is 238 g/mol. The number of hydrogen-bond donors (Lipinski definition) is 1. The zero-order chi connectivity index (χ0) is 14.3. The van der Waals surface area contributed by atoms with Gasteiger partial charge in [-0.05, 0) is 57.7 Å². The van der Waals surface area contributed by atoms with E-state index in [0.717, 1.165) is 24.2 Å². The van der Waals surface area contributed by atoms with Gasteiger partial charge in [-0.15, -0.1) is 0 Å². The van der Waals surface area contributed by atoms with Gasteiger partial charge in [0.25, 0.3) is 0 Å². The van der Waals surface area contributed by atoms with E-state index in [4.69, 9.17) is 10.00 Å². The molecule has 0 bridgehead atoms. The van der Waals surface area contributed by atoms with Gasteiger partial charge in [-0.3, -0.25) is 0 Å². The molecule has 0 amide bonds. The van der Waals surface area contributed by atoms with E-state index < -0.39 is 0 Å². The van der Waals surface area contributed by atoms with E-state index in [1.54, 1.807) is 6.92 Å². The average molecular weight is 261 g/mol. The fourth-order valence-corrected chi connectivity index (χ4v) is 1.82. The molecule has 0 spiro atoms. The van der Waals surface area contributed by atoms with Gasteiger partial charge < -0.3 is 9.84 Å². The van der Waals surface area contributed by atoms with Gasteiger partial charge in [0.15, 0.2) is 0 Å². The molecule has 0 heterocycles. The Labute approximate surface area is 115 Å². The SMILES string of the molecule is CC(O)Cc1ccc(OCCCC(C)(C)C#N)cc1. The third-order valence-corrected chi connectivity index (χ3v) is 2.97. The average Bonchev–Trinajstić information content (AvgIpc) is 2.36. The first-order valence-corrected chi connectivity index (χ1v) is 6.74. The Morgan fingerprint density at radius 3 is 2.47 bits per heavy atom. The number of nitrogens with zero attached hydrogens (tertiary/aromatic N) is 1. The minimum atomic E-state index is -0.319. The molecule has 19 heavy (non-hydrogen) atoms. The topological polar surface area (TPSA) is 53.2 Å². The highest BCUT2D eigenvalue weighted by Crippen LogP contribution is 2.21. The molecule has 0 fully saturated rings. The second-order valence-corrected chi connectivity index (χ2v) is 5.64. The maximum absolute atomic E-state index is 9.29. The summed E-state index contributed by atoms with van der Waals surface area (Å²) in [4.78, 5) is 0. The molecule has 3 heteroatoms. The molecule has 1 atom stereocenters. The van der Waals surface area contributed by atoms with Gasteiger partial charge in [0, 0.05) is 0 Å². The maximum atomic E-state index is 9.29. The van der Waals surface area contributed by atoms with Crippen LogP contribution in [0.5, 0.6) is 5.75 Å². The Hall–Kier alpha value is -1.53. The molecule has 1 N–H and O–H groups in total. The molecule has 0 radical (unpaired) electrons. The summed E-state index contributed by atoms with van der Waals surface area (Å²) in [5, 5.41) is 18.2. The van der Waals surface area contributed by atoms with Crippen LogP contribution in [0.2, 0.25) is 0 Å². The van der Waals surface area contributed by atoms with Crippen molar-refractivity contribution in [3.8, 4) is 11.8 Å². The molecule has 0 aliphatic rings. The number of aliphatic hydroxyl groups excluding tert-OH is 1. The van der Waals surface area contributed by atoms with Crippen LogP contribution in [0.3, 0.4) is 0 Å². The molecule has 0 aliphatic heterocycles. The minimum absolute atomic E-state index is 0.273. The van der Waals surface area contributed by atoms with Crippen molar-refractivity contribution in [2.45, 2.75) is 46.1 Å². The summed E-state index contributed by atoms with van der Waals surface area (Å²) in [6.45, 7) is 6.29. The summed E-state index contributed by atoms with van der Waals surface area (Å²) < 4.78 is 5.63.